The summed E-state index contributed by atoms with van der Waals surface area (Å²) in [5, 5.41) is 6.89. The summed E-state index contributed by atoms with van der Waals surface area (Å²) in [6.45, 7) is 0. The fraction of sp³-hybridized carbons (Fsp3) is 0.0526. The second kappa shape index (κ2) is 7.02. The second-order valence-electron chi connectivity index (χ2n) is 6.33. The molecule has 0 saturated heterocycles. The number of carbonyl (C=O) groups is 1. The van der Waals surface area contributed by atoms with E-state index >= 15 is 0 Å². The molecular weight excluding hydrogens is 421 g/mol. The predicted molar refractivity (Wildman–Crippen MR) is 103 cm³/mol. The van der Waals surface area contributed by atoms with Gasteiger partial charge in [-0.15, -0.1) is 0 Å². The number of aromatic amines is 1. The molecule has 2 aromatic carbocycles. The van der Waals surface area contributed by atoms with Crippen LogP contribution >= 0.6 is 0 Å². The molecule has 154 valence electrons. The summed E-state index contributed by atoms with van der Waals surface area (Å²) in [6.07, 6.45) is -1.68. The van der Waals surface area contributed by atoms with Crippen molar-refractivity contribution < 1.29 is 26.4 Å². The summed E-state index contributed by atoms with van der Waals surface area (Å²) in [6, 6.07) is 11.3. The van der Waals surface area contributed by atoms with E-state index in [-0.39, 0.29) is 16.3 Å². The summed E-state index contributed by atoms with van der Waals surface area (Å²) < 4.78 is 64.1. The van der Waals surface area contributed by atoms with Gasteiger partial charge >= 0.3 is 6.18 Å². The number of nitrogens with zero attached hydrogens (tertiary/aromatic N) is 2. The third kappa shape index (κ3) is 3.66. The van der Waals surface area contributed by atoms with Gasteiger partial charge in [0.05, 0.1) is 10.5 Å². The minimum absolute atomic E-state index is 0.00704. The average Bonchev–Trinajstić information content (AvgIpc) is 3.37. The van der Waals surface area contributed by atoms with E-state index in [1.54, 1.807) is 18.3 Å². The van der Waals surface area contributed by atoms with Crippen molar-refractivity contribution in [3.05, 3.63) is 78.2 Å². The second-order valence-corrected chi connectivity index (χ2v) is 8.13. The summed E-state index contributed by atoms with van der Waals surface area (Å²) in [4.78, 5) is 15.3. The number of aromatic nitrogens is 3. The number of rotatable bonds is 4. The fourth-order valence-corrected chi connectivity index (χ4v) is 3.95. The Bertz CT molecular complexity index is 1340. The number of nitrogens with one attached hydrogen (secondary N) is 2. The maximum absolute atomic E-state index is 12.8. The molecule has 0 saturated carbocycles. The number of amides is 1. The van der Waals surface area contributed by atoms with E-state index in [2.05, 4.69) is 15.4 Å². The van der Waals surface area contributed by atoms with Gasteiger partial charge in [0.15, 0.2) is 5.69 Å². The number of anilines is 1. The quantitative estimate of drug-likeness (QED) is 0.510. The van der Waals surface area contributed by atoms with Crippen molar-refractivity contribution in [3.8, 4) is 0 Å². The molecule has 2 aromatic heterocycles. The van der Waals surface area contributed by atoms with E-state index in [1.807, 2.05) is 0 Å². The highest BCUT2D eigenvalue weighted by molar-refractivity contribution is 7.89. The van der Waals surface area contributed by atoms with Gasteiger partial charge in [0.2, 0.25) is 0 Å². The largest absolute Gasteiger partial charge is 0.416 e. The van der Waals surface area contributed by atoms with Crippen LogP contribution in [-0.2, 0) is 16.2 Å². The third-order valence-corrected chi connectivity index (χ3v) is 5.88. The number of benzene rings is 2. The zero-order valence-corrected chi connectivity index (χ0v) is 15.8. The number of carbonyl (C=O) groups excluding carboxylic acids is 1. The van der Waals surface area contributed by atoms with Gasteiger partial charge in [0.1, 0.15) is 0 Å². The van der Waals surface area contributed by atoms with Crippen LogP contribution in [-0.4, -0.2) is 28.5 Å². The van der Waals surface area contributed by atoms with Gasteiger partial charge < -0.3 is 10.3 Å². The van der Waals surface area contributed by atoms with Crippen molar-refractivity contribution in [2.75, 3.05) is 5.32 Å². The first-order valence-corrected chi connectivity index (χ1v) is 9.96. The van der Waals surface area contributed by atoms with Crippen molar-refractivity contribution in [1.29, 1.82) is 0 Å². The van der Waals surface area contributed by atoms with Crippen LogP contribution in [0.4, 0.5) is 18.9 Å². The Morgan fingerprint density at radius 2 is 1.77 bits per heavy atom. The maximum Gasteiger partial charge on any atom is 0.416 e. The predicted octanol–water partition coefficient (Wildman–Crippen LogP) is 3.87. The minimum Gasteiger partial charge on any atom is -0.361 e. The molecule has 11 heteroatoms. The van der Waals surface area contributed by atoms with Crippen molar-refractivity contribution >= 4 is 32.5 Å². The van der Waals surface area contributed by atoms with Crippen LogP contribution in [0.25, 0.3) is 10.9 Å². The van der Waals surface area contributed by atoms with E-state index < -0.39 is 27.7 Å². The first-order chi connectivity index (χ1) is 14.1. The van der Waals surface area contributed by atoms with Crippen molar-refractivity contribution in [1.82, 2.24) is 14.2 Å². The molecule has 0 atom stereocenters. The highest BCUT2D eigenvalue weighted by atomic mass is 32.2. The Labute approximate surface area is 168 Å². The van der Waals surface area contributed by atoms with E-state index in [1.165, 1.54) is 18.2 Å². The Morgan fingerprint density at radius 1 is 1.03 bits per heavy atom. The molecule has 7 nitrogen and oxygen atoms in total. The topological polar surface area (TPSA) is 96.9 Å². The maximum atomic E-state index is 12.8. The van der Waals surface area contributed by atoms with Gasteiger partial charge in [-0.25, -0.2) is 0 Å². The Kier molecular flexibility index (Phi) is 4.61. The SMILES string of the molecule is O=C(Nc1ccc(C(F)(F)F)cc1)c1ccn(S(=O)(=O)c2ccc3[nH]ccc3c2)n1. The van der Waals surface area contributed by atoms with Gasteiger partial charge in [0.25, 0.3) is 15.9 Å². The molecular formula is C19H13F3N4O3S. The molecule has 0 spiro atoms. The summed E-state index contributed by atoms with van der Waals surface area (Å²) in [7, 11) is -4.03. The average molecular weight is 434 g/mol. The summed E-state index contributed by atoms with van der Waals surface area (Å²) in [5.74, 6) is -0.759. The van der Waals surface area contributed by atoms with Crippen LogP contribution < -0.4 is 5.32 Å². The first kappa shape index (κ1) is 19.7. The van der Waals surface area contributed by atoms with Crippen LogP contribution in [0.2, 0.25) is 0 Å². The normalized spacial score (nSPS) is 12.2. The standard InChI is InChI=1S/C19H13F3N4O3S/c20-19(21,22)13-1-3-14(4-2-13)24-18(27)17-8-10-26(25-17)30(28,29)15-5-6-16-12(11-15)7-9-23-16/h1-11,23H,(H,24,27). The minimum atomic E-state index is -4.49. The van der Waals surface area contributed by atoms with Gasteiger partial charge in [-0.05, 0) is 54.6 Å². The number of hydrogen-bond donors (Lipinski definition) is 2. The third-order valence-electron chi connectivity index (χ3n) is 4.34. The van der Waals surface area contributed by atoms with Crippen LogP contribution in [0.3, 0.4) is 0 Å². The van der Waals surface area contributed by atoms with Crippen LogP contribution in [0.1, 0.15) is 16.1 Å². The van der Waals surface area contributed by atoms with Crippen molar-refractivity contribution in [2.45, 2.75) is 11.1 Å². The molecule has 2 heterocycles. The fourth-order valence-electron chi connectivity index (χ4n) is 2.80. The van der Waals surface area contributed by atoms with Crippen LogP contribution in [0.5, 0.6) is 0 Å². The van der Waals surface area contributed by atoms with Gasteiger partial charge in [0, 0.05) is 29.0 Å². The lowest BCUT2D eigenvalue weighted by atomic mass is 10.2. The van der Waals surface area contributed by atoms with Crippen molar-refractivity contribution in [3.63, 3.8) is 0 Å². The highest BCUT2D eigenvalue weighted by Gasteiger charge is 2.30. The molecule has 4 rings (SSSR count). The summed E-state index contributed by atoms with van der Waals surface area (Å²) >= 11 is 0. The number of fused-ring (bicyclic) bond motifs is 1. The van der Waals surface area contributed by atoms with E-state index in [9.17, 15) is 26.4 Å². The Balaban J connectivity index is 1.55. The first-order valence-electron chi connectivity index (χ1n) is 8.52. The molecule has 0 aliphatic heterocycles. The van der Waals surface area contributed by atoms with E-state index in [0.29, 0.717) is 9.47 Å². The summed E-state index contributed by atoms with van der Waals surface area (Å²) in [5.41, 5.74) is -0.175. The zero-order valence-electron chi connectivity index (χ0n) is 15.0. The van der Waals surface area contributed by atoms with Gasteiger partial charge in [-0.1, -0.05) is 0 Å². The molecule has 1 amide bonds. The molecule has 0 radical (unpaired) electrons. The van der Waals surface area contributed by atoms with E-state index in [0.717, 1.165) is 36.0 Å². The van der Waals surface area contributed by atoms with E-state index in [4.69, 9.17) is 0 Å². The van der Waals surface area contributed by atoms with Crippen molar-refractivity contribution in [2.24, 2.45) is 0 Å². The Morgan fingerprint density at radius 3 is 2.47 bits per heavy atom. The molecule has 0 aliphatic rings. The molecule has 0 fully saturated rings. The number of alkyl halides is 3. The van der Waals surface area contributed by atoms with Crippen LogP contribution in [0, 0.1) is 0 Å². The zero-order chi connectivity index (χ0) is 21.5. The molecule has 0 unspecified atom stereocenters. The van der Waals surface area contributed by atoms with Gasteiger partial charge in [-0.2, -0.15) is 30.8 Å². The smallest absolute Gasteiger partial charge is 0.361 e. The molecule has 2 N–H and O–H groups in total. The van der Waals surface area contributed by atoms with Crippen LogP contribution in [0.15, 0.2) is 71.9 Å². The molecule has 0 aliphatic carbocycles. The highest BCUT2D eigenvalue weighted by Crippen LogP contribution is 2.30. The lowest BCUT2D eigenvalue weighted by Crippen LogP contribution is -2.17. The van der Waals surface area contributed by atoms with Gasteiger partial charge in [-0.3, -0.25) is 4.79 Å². The lowest BCUT2D eigenvalue weighted by Gasteiger charge is -2.08. The molecule has 0 bridgehead atoms. The Hall–Kier alpha value is -3.60. The number of H-pyrrole nitrogens is 1. The lowest BCUT2D eigenvalue weighted by molar-refractivity contribution is -0.137. The number of hydrogen-bond acceptors (Lipinski definition) is 4. The molecule has 30 heavy (non-hydrogen) atoms. The molecule has 4 aromatic rings. The number of halogens is 3. The monoisotopic (exact) mass is 434 g/mol.